The molecule has 2 aromatic heterocycles. The third-order valence-corrected chi connectivity index (χ3v) is 4.04. The van der Waals surface area contributed by atoms with E-state index in [9.17, 15) is 0 Å². The zero-order valence-electron chi connectivity index (χ0n) is 11.3. The zero-order valence-corrected chi connectivity index (χ0v) is 12.2. The summed E-state index contributed by atoms with van der Waals surface area (Å²) in [6.07, 6.45) is 3.81. The molecule has 0 radical (unpaired) electrons. The molecule has 0 aliphatic heterocycles. The van der Waals surface area contributed by atoms with Crippen molar-refractivity contribution in [1.82, 2.24) is 19.9 Å². The first-order chi connectivity index (χ1) is 8.58. The van der Waals surface area contributed by atoms with Crippen molar-refractivity contribution in [2.45, 2.75) is 46.3 Å². The lowest BCUT2D eigenvalue weighted by molar-refractivity contribution is 0.517. The number of nitrogens with zero attached hydrogens (tertiary/aromatic N) is 3. The van der Waals surface area contributed by atoms with Crippen molar-refractivity contribution in [3.8, 4) is 0 Å². The third kappa shape index (κ3) is 2.97. The highest BCUT2D eigenvalue weighted by Crippen LogP contribution is 2.18. The highest BCUT2D eigenvalue weighted by atomic mass is 32.1. The van der Waals surface area contributed by atoms with Gasteiger partial charge >= 0.3 is 0 Å². The molecule has 2 rings (SSSR count). The molecule has 4 nitrogen and oxygen atoms in total. The molecule has 2 heterocycles. The zero-order chi connectivity index (χ0) is 13.1. The number of aromatic nitrogens is 3. The van der Waals surface area contributed by atoms with Gasteiger partial charge in [0.05, 0.1) is 18.1 Å². The summed E-state index contributed by atoms with van der Waals surface area (Å²) in [5.41, 5.74) is 2.31. The molecule has 0 aliphatic carbocycles. The average Bonchev–Trinajstić information content (AvgIpc) is 2.94. The summed E-state index contributed by atoms with van der Waals surface area (Å²) in [7, 11) is 0. The van der Waals surface area contributed by atoms with Crippen LogP contribution < -0.4 is 5.32 Å². The van der Waals surface area contributed by atoms with Crippen molar-refractivity contribution in [3.63, 3.8) is 0 Å². The van der Waals surface area contributed by atoms with Gasteiger partial charge in [-0.3, -0.25) is 0 Å². The van der Waals surface area contributed by atoms with E-state index in [0.29, 0.717) is 6.04 Å². The minimum absolute atomic E-state index is 0.277. The van der Waals surface area contributed by atoms with E-state index in [1.807, 2.05) is 19.4 Å². The molecule has 1 N–H and O–H groups in total. The van der Waals surface area contributed by atoms with Gasteiger partial charge in [0.25, 0.3) is 0 Å². The molecular formula is C13H20N4S. The van der Waals surface area contributed by atoms with E-state index in [0.717, 1.165) is 17.2 Å². The van der Waals surface area contributed by atoms with E-state index in [-0.39, 0.29) is 6.04 Å². The summed E-state index contributed by atoms with van der Waals surface area (Å²) in [5.74, 6) is 0. The molecule has 2 aromatic rings. The van der Waals surface area contributed by atoms with Crippen LogP contribution in [0.1, 0.15) is 49.3 Å². The van der Waals surface area contributed by atoms with Crippen LogP contribution in [0, 0.1) is 6.92 Å². The summed E-state index contributed by atoms with van der Waals surface area (Å²) in [6, 6.07) is 0.723. The quantitative estimate of drug-likeness (QED) is 0.902. The smallest absolute Gasteiger partial charge is 0.110 e. The van der Waals surface area contributed by atoms with Crippen molar-refractivity contribution >= 4 is 11.3 Å². The molecule has 0 bridgehead atoms. The molecule has 0 aromatic carbocycles. The lowest BCUT2D eigenvalue weighted by Crippen LogP contribution is -2.20. The Hall–Kier alpha value is -1.20. The molecule has 0 spiro atoms. The first-order valence-corrected chi connectivity index (χ1v) is 7.12. The summed E-state index contributed by atoms with van der Waals surface area (Å²) in [6.45, 7) is 9.32. The second kappa shape index (κ2) is 5.63. The fourth-order valence-corrected chi connectivity index (χ4v) is 2.68. The first-order valence-electron chi connectivity index (χ1n) is 6.24. The Balaban J connectivity index is 1.97. The van der Waals surface area contributed by atoms with Crippen LogP contribution in [0.15, 0.2) is 17.9 Å². The van der Waals surface area contributed by atoms with Gasteiger partial charge in [0, 0.05) is 29.9 Å². The Morgan fingerprint density at radius 3 is 2.78 bits per heavy atom. The maximum atomic E-state index is 4.50. The highest BCUT2D eigenvalue weighted by molar-refractivity contribution is 7.09. The van der Waals surface area contributed by atoms with Crippen molar-refractivity contribution in [2.24, 2.45) is 0 Å². The first kappa shape index (κ1) is 13.2. The van der Waals surface area contributed by atoms with Crippen LogP contribution in [0.25, 0.3) is 0 Å². The molecule has 98 valence electrons. The Bertz CT molecular complexity index is 501. The second-order valence-corrected chi connectivity index (χ2v) is 5.71. The molecule has 5 heteroatoms. The molecule has 0 amide bonds. The summed E-state index contributed by atoms with van der Waals surface area (Å²) >= 11 is 1.71. The summed E-state index contributed by atoms with van der Waals surface area (Å²) in [5, 5.41) is 6.73. The molecule has 0 aliphatic rings. The molecular weight excluding hydrogens is 244 g/mol. The fourth-order valence-electron chi connectivity index (χ4n) is 1.85. The van der Waals surface area contributed by atoms with Crippen LogP contribution in [0.2, 0.25) is 0 Å². The van der Waals surface area contributed by atoms with E-state index in [4.69, 9.17) is 0 Å². The molecule has 0 saturated carbocycles. The normalized spacial score (nSPS) is 13.2. The van der Waals surface area contributed by atoms with E-state index in [2.05, 4.69) is 46.0 Å². The van der Waals surface area contributed by atoms with Crippen LogP contribution in [-0.2, 0) is 6.54 Å². The van der Waals surface area contributed by atoms with E-state index >= 15 is 0 Å². The van der Waals surface area contributed by atoms with E-state index in [1.165, 1.54) is 5.69 Å². The average molecular weight is 264 g/mol. The minimum Gasteiger partial charge on any atom is -0.331 e. The topological polar surface area (TPSA) is 42.7 Å². The van der Waals surface area contributed by atoms with Crippen LogP contribution in [0.5, 0.6) is 0 Å². The largest absolute Gasteiger partial charge is 0.331 e. The number of thiazole rings is 1. The third-order valence-electron chi connectivity index (χ3n) is 2.90. The molecule has 0 saturated heterocycles. The molecule has 0 fully saturated rings. The van der Waals surface area contributed by atoms with Gasteiger partial charge in [-0.15, -0.1) is 11.3 Å². The van der Waals surface area contributed by atoms with Gasteiger partial charge in [0.1, 0.15) is 5.01 Å². The standard InChI is InChI=1S/C13H20N4S/c1-9(2)17-8-14-5-12(17)6-15-11(4)13-16-10(3)7-18-13/h5,7-9,11,15H,6H2,1-4H3. The second-order valence-electron chi connectivity index (χ2n) is 4.82. The maximum absolute atomic E-state index is 4.50. The summed E-state index contributed by atoms with van der Waals surface area (Å²) < 4.78 is 2.19. The predicted octanol–water partition coefficient (Wildman–Crippen LogP) is 3.08. The number of imidazole rings is 1. The van der Waals surface area contributed by atoms with Gasteiger partial charge in [-0.25, -0.2) is 9.97 Å². The fraction of sp³-hybridized carbons (Fsp3) is 0.538. The predicted molar refractivity (Wildman–Crippen MR) is 74.7 cm³/mol. The van der Waals surface area contributed by atoms with Crippen molar-refractivity contribution in [1.29, 1.82) is 0 Å². The van der Waals surface area contributed by atoms with Crippen molar-refractivity contribution in [3.05, 3.63) is 34.3 Å². The minimum atomic E-state index is 0.277. The van der Waals surface area contributed by atoms with Crippen LogP contribution in [-0.4, -0.2) is 14.5 Å². The van der Waals surface area contributed by atoms with Crippen LogP contribution >= 0.6 is 11.3 Å². The lowest BCUT2D eigenvalue weighted by atomic mass is 10.3. The molecule has 18 heavy (non-hydrogen) atoms. The van der Waals surface area contributed by atoms with Gasteiger partial charge in [0.2, 0.25) is 0 Å². The SMILES string of the molecule is Cc1csc(C(C)NCc2cncn2C(C)C)n1. The monoisotopic (exact) mass is 264 g/mol. The Kier molecular flexibility index (Phi) is 4.14. The van der Waals surface area contributed by atoms with Gasteiger partial charge in [-0.1, -0.05) is 0 Å². The van der Waals surface area contributed by atoms with Crippen molar-refractivity contribution < 1.29 is 0 Å². The van der Waals surface area contributed by atoms with Gasteiger partial charge < -0.3 is 9.88 Å². The van der Waals surface area contributed by atoms with Gasteiger partial charge in [0.15, 0.2) is 0 Å². The number of rotatable bonds is 5. The lowest BCUT2D eigenvalue weighted by Gasteiger charge is -2.15. The number of hydrogen-bond donors (Lipinski definition) is 1. The maximum Gasteiger partial charge on any atom is 0.110 e. The molecule has 1 atom stereocenters. The van der Waals surface area contributed by atoms with Crippen molar-refractivity contribution in [2.75, 3.05) is 0 Å². The number of aryl methyl sites for hydroxylation is 1. The van der Waals surface area contributed by atoms with Gasteiger partial charge in [-0.05, 0) is 27.7 Å². The number of hydrogen-bond acceptors (Lipinski definition) is 4. The number of nitrogens with one attached hydrogen (secondary N) is 1. The van der Waals surface area contributed by atoms with Crippen LogP contribution in [0.3, 0.4) is 0 Å². The van der Waals surface area contributed by atoms with Crippen LogP contribution in [0.4, 0.5) is 0 Å². The van der Waals surface area contributed by atoms with E-state index < -0.39 is 0 Å². The highest BCUT2D eigenvalue weighted by Gasteiger charge is 2.11. The summed E-state index contributed by atoms with van der Waals surface area (Å²) in [4.78, 5) is 8.71. The van der Waals surface area contributed by atoms with Gasteiger partial charge in [-0.2, -0.15) is 0 Å². The Morgan fingerprint density at radius 2 is 2.17 bits per heavy atom. The Morgan fingerprint density at radius 1 is 1.39 bits per heavy atom. The Labute approximate surface area is 112 Å². The van der Waals surface area contributed by atoms with E-state index in [1.54, 1.807) is 11.3 Å². The molecule has 1 unspecified atom stereocenters.